The third-order valence-corrected chi connectivity index (χ3v) is 2.20. The molecule has 1 N–H and O–H groups in total. The molecule has 0 saturated heterocycles. The van der Waals surface area contributed by atoms with Crippen molar-refractivity contribution >= 4 is 0 Å². The van der Waals surface area contributed by atoms with Gasteiger partial charge in [0.05, 0.1) is 19.6 Å². The molecular weight excluding hydrogens is 188 g/mol. The van der Waals surface area contributed by atoms with Crippen molar-refractivity contribution in [3.8, 4) is 12.3 Å². The van der Waals surface area contributed by atoms with Crippen LogP contribution in [-0.2, 0) is 13.1 Å². The second kappa shape index (κ2) is 5.59. The van der Waals surface area contributed by atoms with E-state index in [0.717, 1.165) is 24.6 Å². The third kappa shape index (κ3) is 3.43. The van der Waals surface area contributed by atoms with E-state index >= 15 is 0 Å². The molecule has 0 aliphatic rings. The number of rotatable bonds is 5. The topological polar surface area (TPSA) is 28.4 Å². The fraction of sp³-hybridized carbons (Fsp3) is 0.500. The zero-order valence-corrected chi connectivity index (χ0v) is 9.63. The minimum absolute atomic E-state index is 0.640. The summed E-state index contributed by atoms with van der Waals surface area (Å²) in [5.41, 5.74) is 1.19. The standard InChI is InChI=1S/C12H18N2O/c1-5-6-14(4)9-11-7-10(2)12(15-11)8-13-3/h1,7,13H,6,8-9H2,2-4H3. The van der Waals surface area contributed by atoms with Gasteiger partial charge in [-0.05, 0) is 32.6 Å². The molecule has 1 rings (SSSR count). The molecule has 1 heterocycles. The Morgan fingerprint density at radius 2 is 2.33 bits per heavy atom. The van der Waals surface area contributed by atoms with Gasteiger partial charge in [0.25, 0.3) is 0 Å². The Morgan fingerprint density at radius 1 is 1.60 bits per heavy atom. The first kappa shape index (κ1) is 11.8. The highest BCUT2D eigenvalue weighted by Gasteiger charge is 2.08. The summed E-state index contributed by atoms with van der Waals surface area (Å²) in [5, 5.41) is 3.08. The van der Waals surface area contributed by atoms with Gasteiger partial charge in [-0.3, -0.25) is 4.90 Å². The molecule has 1 aromatic rings. The molecule has 0 saturated carbocycles. The summed E-state index contributed by atoms with van der Waals surface area (Å²) in [6.07, 6.45) is 5.23. The van der Waals surface area contributed by atoms with Crippen LogP contribution in [0.15, 0.2) is 10.5 Å². The molecule has 0 radical (unpaired) electrons. The van der Waals surface area contributed by atoms with E-state index in [9.17, 15) is 0 Å². The van der Waals surface area contributed by atoms with Crippen molar-refractivity contribution < 1.29 is 4.42 Å². The Kier molecular flexibility index (Phi) is 4.41. The first-order valence-electron chi connectivity index (χ1n) is 5.02. The lowest BCUT2D eigenvalue weighted by Gasteiger charge is -2.10. The molecule has 0 bridgehead atoms. The highest BCUT2D eigenvalue weighted by atomic mass is 16.3. The van der Waals surface area contributed by atoms with Gasteiger partial charge in [-0.2, -0.15) is 0 Å². The summed E-state index contributed by atoms with van der Waals surface area (Å²) in [6.45, 7) is 4.22. The Labute approximate surface area is 91.5 Å². The summed E-state index contributed by atoms with van der Waals surface area (Å²) in [4.78, 5) is 2.04. The number of aryl methyl sites for hydroxylation is 1. The molecule has 0 unspecified atom stereocenters. The molecule has 1 aromatic heterocycles. The first-order valence-corrected chi connectivity index (χ1v) is 5.02. The fourth-order valence-corrected chi connectivity index (χ4v) is 1.48. The van der Waals surface area contributed by atoms with E-state index in [1.165, 1.54) is 5.56 Å². The van der Waals surface area contributed by atoms with E-state index in [2.05, 4.69) is 24.2 Å². The van der Waals surface area contributed by atoms with Crippen LogP contribution in [-0.4, -0.2) is 25.5 Å². The summed E-state index contributed by atoms with van der Waals surface area (Å²) < 4.78 is 5.70. The van der Waals surface area contributed by atoms with E-state index in [0.29, 0.717) is 6.54 Å². The van der Waals surface area contributed by atoms with Crippen molar-refractivity contribution in [1.82, 2.24) is 10.2 Å². The second-order valence-corrected chi connectivity index (χ2v) is 3.73. The van der Waals surface area contributed by atoms with Gasteiger partial charge >= 0.3 is 0 Å². The lowest BCUT2D eigenvalue weighted by atomic mass is 10.2. The molecule has 0 fully saturated rings. The van der Waals surface area contributed by atoms with E-state index in [4.69, 9.17) is 10.8 Å². The molecule has 3 heteroatoms. The Morgan fingerprint density at radius 3 is 2.93 bits per heavy atom. The summed E-state index contributed by atoms with van der Waals surface area (Å²) in [5.74, 6) is 4.58. The minimum atomic E-state index is 0.640. The largest absolute Gasteiger partial charge is 0.463 e. The van der Waals surface area contributed by atoms with Crippen molar-refractivity contribution in [2.24, 2.45) is 0 Å². The van der Waals surface area contributed by atoms with Crippen molar-refractivity contribution in [3.05, 3.63) is 23.2 Å². The van der Waals surface area contributed by atoms with Gasteiger partial charge in [-0.15, -0.1) is 6.42 Å². The molecule has 0 atom stereocenters. The molecule has 0 aliphatic carbocycles. The third-order valence-electron chi connectivity index (χ3n) is 2.20. The molecule has 0 amide bonds. The van der Waals surface area contributed by atoms with Gasteiger partial charge in [0, 0.05) is 0 Å². The number of hydrogen-bond acceptors (Lipinski definition) is 3. The maximum absolute atomic E-state index is 5.70. The minimum Gasteiger partial charge on any atom is -0.463 e. The van der Waals surface area contributed by atoms with Crippen LogP contribution in [0.5, 0.6) is 0 Å². The predicted molar refractivity (Wildman–Crippen MR) is 61.4 cm³/mol. The van der Waals surface area contributed by atoms with Gasteiger partial charge in [0.15, 0.2) is 0 Å². The lowest BCUT2D eigenvalue weighted by molar-refractivity contribution is 0.318. The van der Waals surface area contributed by atoms with Gasteiger partial charge < -0.3 is 9.73 Å². The highest BCUT2D eigenvalue weighted by molar-refractivity contribution is 5.20. The average molecular weight is 206 g/mol. The summed E-state index contributed by atoms with van der Waals surface area (Å²) >= 11 is 0. The zero-order chi connectivity index (χ0) is 11.3. The van der Waals surface area contributed by atoms with E-state index in [-0.39, 0.29) is 0 Å². The van der Waals surface area contributed by atoms with Gasteiger partial charge in [-0.25, -0.2) is 0 Å². The summed E-state index contributed by atoms with van der Waals surface area (Å²) in [6, 6.07) is 2.07. The predicted octanol–water partition coefficient (Wildman–Crippen LogP) is 1.37. The maximum atomic E-state index is 5.70. The smallest absolute Gasteiger partial charge is 0.120 e. The molecular formula is C12H18N2O. The number of furan rings is 1. The number of terminal acetylenes is 1. The molecule has 15 heavy (non-hydrogen) atoms. The number of nitrogens with one attached hydrogen (secondary N) is 1. The van der Waals surface area contributed by atoms with Crippen LogP contribution in [0.2, 0.25) is 0 Å². The van der Waals surface area contributed by atoms with Crippen LogP contribution in [0.3, 0.4) is 0 Å². The van der Waals surface area contributed by atoms with Crippen LogP contribution < -0.4 is 5.32 Å². The van der Waals surface area contributed by atoms with E-state index in [1.807, 2.05) is 19.0 Å². The average Bonchev–Trinajstić information content (AvgIpc) is 2.48. The molecule has 0 spiro atoms. The fourth-order valence-electron chi connectivity index (χ4n) is 1.48. The van der Waals surface area contributed by atoms with Crippen molar-refractivity contribution in [1.29, 1.82) is 0 Å². The van der Waals surface area contributed by atoms with Crippen LogP contribution in [0.1, 0.15) is 17.1 Å². The molecule has 3 nitrogen and oxygen atoms in total. The van der Waals surface area contributed by atoms with Crippen molar-refractivity contribution in [2.45, 2.75) is 20.0 Å². The number of nitrogens with zero attached hydrogens (tertiary/aromatic N) is 1. The Hall–Kier alpha value is -1.24. The number of hydrogen-bond donors (Lipinski definition) is 1. The quantitative estimate of drug-likeness (QED) is 0.738. The summed E-state index contributed by atoms with van der Waals surface area (Å²) in [7, 11) is 3.89. The molecule has 0 aliphatic heterocycles. The van der Waals surface area contributed by atoms with Gasteiger partial charge in [-0.1, -0.05) is 5.92 Å². The molecule has 82 valence electrons. The second-order valence-electron chi connectivity index (χ2n) is 3.73. The Balaban J connectivity index is 2.63. The zero-order valence-electron chi connectivity index (χ0n) is 9.63. The molecule has 0 aromatic carbocycles. The van der Waals surface area contributed by atoms with E-state index in [1.54, 1.807) is 0 Å². The van der Waals surface area contributed by atoms with Crippen LogP contribution in [0, 0.1) is 19.3 Å². The SMILES string of the molecule is C#CCN(C)Cc1cc(C)c(CNC)o1. The van der Waals surface area contributed by atoms with E-state index < -0.39 is 0 Å². The highest BCUT2D eigenvalue weighted by Crippen LogP contribution is 2.15. The maximum Gasteiger partial charge on any atom is 0.120 e. The first-order chi connectivity index (χ1) is 7.17. The van der Waals surface area contributed by atoms with Gasteiger partial charge in [0.2, 0.25) is 0 Å². The monoisotopic (exact) mass is 206 g/mol. The van der Waals surface area contributed by atoms with Crippen LogP contribution in [0.4, 0.5) is 0 Å². The van der Waals surface area contributed by atoms with Crippen molar-refractivity contribution in [3.63, 3.8) is 0 Å². The van der Waals surface area contributed by atoms with Crippen LogP contribution >= 0.6 is 0 Å². The Bertz CT molecular complexity index is 349. The normalized spacial score (nSPS) is 10.6. The lowest BCUT2D eigenvalue weighted by Crippen LogP contribution is -2.17. The van der Waals surface area contributed by atoms with Gasteiger partial charge in [0.1, 0.15) is 11.5 Å². The van der Waals surface area contributed by atoms with Crippen LogP contribution in [0.25, 0.3) is 0 Å². The van der Waals surface area contributed by atoms with Crippen molar-refractivity contribution in [2.75, 3.05) is 20.6 Å².